The van der Waals surface area contributed by atoms with Crippen molar-refractivity contribution < 1.29 is 9.18 Å². The van der Waals surface area contributed by atoms with Crippen LogP contribution in [0.1, 0.15) is 11.1 Å². The fraction of sp³-hybridized carbons (Fsp3) is 0.0909. The van der Waals surface area contributed by atoms with Gasteiger partial charge in [-0.15, -0.1) is 11.3 Å². The number of carbonyl (C=O) groups excluding carboxylic acids is 1. The summed E-state index contributed by atoms with van der Waals surface area (Å²) in [6.45, 7) is 2.40. The average Bonchev–Trinajstić information content (AvgIpc) is 3.11. The molecule has 3 aromatic carbocycles. The van der Waals surface area contributed by atoms with E-state index in [1.165, 1.54) is 17.7 Å². The van der Waals surface area contributed by atoms with Gasteiger partial charge in [-0.1, -0.05) is 18.2 Å². The van der Waals surface area contributed by atoms with Crippen LogP contribution in [0, 0.1) is 12.7 Å². The molecule has 0 aliphatic rings. The third kappa shape index (κ3) is 4.18. The van der Waals surface area contributed by atoms with E-state index in [-0.39, 0.29) is 11.8 Å². The summed E-state index contributed by atoms with van der Waals surface area (Å²) in [6, 6.07) is 19.5. The Bertz CT molecular complexity index is 1120. The largest absolute Gasteiger partial charge is 0.334 e. The number of aryl methyl sites for hydroxylation is 1. The van der Waals surface area contributed by atoms with Gasteiger partial charge < -0.3 is 10.6 Å². The van der Waals surface area contributed by atoms with E-state index < -0.39 is 0 Å². The van der Waals surface area contributed by atoms with E-state index in [9.17, 15) is 9.18 Å². The van der Waals surface area contributed by atoms with Gasteiger partial charge in [0.2, 0.25) is 0 Å². The van der Waals surface area contributed by atoms with Crippen LogP contribution in [0.4, 0.5) is 14.9 Å². The van der Waals surface area contributed by atoms with Crippen molar-refractivity contribution in [1.82, 2.24) is 10.3 Å². The summed E-state index contributed by atoms with van der Waals surface area (Å²) in [6.07, 6.45) is 0. The Morgan fingerprint density at radius 3 is 2.54 bits per heavy atom. The lowest BCUT2D eigenvalue weighted by atomic mass is 10.2. The highest BCUT2D eigenvalue weighted by Crippen LogP contribution is 2.31. The molecular formula is C22H18FN3OS. The molecule has 4 rings (SSSR count). The highest BCUT2D eigenvalue weighted by atomic mass is 32.1. The van der Waals surface area contributed by atoms with Crippen molar-refractivity contribution in [2.45, 2.75) is 13.5 Å². The summed E-state index contributed by atoms with van der Waals surface area (Å²) in [4.78, 5) is 16.7. The minimum atomic E-state index is -0.312. The molecule has 28 heavy (non-hydrogen) atoms. The average molecular weight is 391 g/mol. The molecule has 4 aromatic rings. The zero-order valence-corrected chi connectivity index (χ0v) is 16.0. The molecule has 140 valence electrons. The molecule has 2 amide bonds. The van der Waals surface area contributed by atoms with Gasteiger partial charge in [0.15, 0.2) is 0 Å². The van der Waals surface area contributed by atoms with E-state index in [2.05, 4.69) is 34.7 Å². The Morgan fingerprint density at radius 1 is 1.04 bits per heavy atom. The lowest BCUT2D eigenvalue weighted by Gasteiger charge is -2.08. The third-order valence-electron chi connectivity index (χ3n) is 4.30. The number of amides is 2. The molecule has 0 aliphatic carbocycles. The molecule has 0 saturated heterocycles. The van der Waals surface area contributed by atoms with Crippen LogP contribution in [-0.2, 0) is 6.54 Å². The van der Waals surface area contributed by atoms with E-state index in [0.717, 1.165) is 26.4 Å². The minimum absolute atomic E-state index is 0.295. The predicted molar refractivity (Wildman–Crippen MR) is 112 cm³/mol. The number of rotatable bonds is 4. The van der Waals surface area contributed by atoms with E-state index in [4.69, 9.17) is 0 Å². The molecule has 1 aromatic heterocycles. The molecule has 0 atom stereocenters. The molecule has 1 heterocycles. The van der Waals surface area contributed by atoms with E-state index >= 15 is 0 Å². The molecule has 0 saturated carbocycles. The maximum Gasteiger partial charge on any atom is 0.319 e. The molecule has 0 fully saturated rings. The quantitative estimate of drug-likeness (QED) is 0.467. The van der Waals surface area contributed by atoms with Crippen molar-refractivity contribution in [1.29, 1.82) is 0 Å². The van der Waals surface area contributed by atoms with Crippen LogP contribution in [-0.4, -0.2) is 11.0 Å². The van der Waals surface area contributed by atoms with Crippen LogP contribution < -0.4 is 10.6 Å². The van der Waals surface area contributed by atoms with Gasteiger partial charge in [0.1, 0.15) is 10.8 Å². The summed E-state index contributed by atoms with van der Waals surface area (Å²) in [5, 5.41) is 6.50. The molecule has 4 nitrogen and oxygen atoms in total. The zero-order chi connectivity index (χ0) is 19.5. The summed E-state index contributed by atoms with van der Waals surface area (Å²) in [5.74, 6) is -0.295. The standard InChI is InChI=1S/C22H18FN3OS/c1-14-2-11-19-20(12-14)28-21(26-19)16-5-9-18(10-6-16)25-22(27)24-13-15-3-7-17(23)8-4-15/h2-12H,13H2,1H3,(H2,24,25,27). The van der Waals surface area contributed by atoms with E-state index in [1.54, 1.807) is 23.5 Å². The van der Waals surface area contributed by atoms with Gasteiger partial charge in [0.05, 0.1) is 10.2 Å². The summed E-state index contributed by atoms with van der Waals surface area (Å²) in [7, 11) is 0. The second-order valence-corrected chi connectivity index (χ2v) is 7.53. The number of aromatic nitrogens is 1. The number of halogens is 1. The number of benzene rings is 3. The van der Waals surface area contributed by atoms with Crippen LogP contribution in [0.3, 0.4) is 0 Å². The van der Waals surface area contributed by atoms with Crippen molar-refractivity contribution in [3.05, 3.63) is 83.7 Å². The fourth-order valence-corrected chi connectivity index (χ4v) is 3.88. The van der Waals surface area contributed by atoms with Crippen LogP contribution in [0.25, 0.3) is 20.8 Å². The summed E-state index contributed by atoms with van der Waals surface area (Å²) < 4.78 is 14.1. The Labute approximate surface area is 166 Å². The van der Waals surface area contributed by atoms with Gasteiger partial charge in [-0.05, 0) is 66.6 Å². The van der Waals surface area contributed by atoms with Crippen molar-refractivity contribution >= 4 is 33.3 Å². The summed E-state index contributed by atoms with van der Waals surface area (Å²) >= 11 is 1.65. The van der Waals surface area contributed by atoms with Crippen LogP contribution in [0.15, 0.2) is 66.7 Å². The number of hydrogen-bond donors (Lipinski definition) is 2. The van der Waals surface area contributed by atoms with Gasteiger partial charge in [0.25, 0.3) is 0 Å². The van der Waals surface area contributed by atoms with E-state index in [0.29, 0.717) is 12.2 Å². The molecule has 0 aliphatic heterocycles. The number of nitrogens with one attached hydrogen (secondary N) is 2. The van der Waals surface area contributed by atoms with Crippen LogP contribution in [0.2, 0.25) is 0 Å². The maximum absolute atomic E-state index is 12.9. The van der Waals surface area contributed by atoms with Crippen molar-refractivity contribution in [3.63, 3.8) is 0 Å². The molecule has 6 heteroatoms. The second-order valence-electron chi connectivity index (χ2n) is 6.50. The van der Waals surface area contributed by atoms with Gasteiger partial charge in [-0.25, -0.2) is 14.2 Å². The normalized spacial score (nSPS) is 10.8. The number of urea groups is 1. The fourth-order valence-electron chi connectivity index (χ4n) is 2.81. The lowest BCUT2D eigenvalue weighted by Crippen LogP contribution is -2.28. The second kappa shape index (κ2) is 7.78. The highest BCUT2D eigenvalue weighted by Gasteiger charge is 2.07. The van der Waals surface area contributed by atoms with Crippen LogP contribution in [0.5, 0.6) is 0 Å². The van der Waals surface area contributed by atoms with Gasteiger partial charge in [-0.3, -0.25) is 0 Å². The Hall–Kier alpha value is -3.25. The maximum atomic E-state index is 12.9. The van der Waals surface area contributed by atoms with Gasteiger partial charge in [0, 0.05) is 17.8 Å². The Balaban J connectivity index is 1.39. The molecule has 0 spiro atoms. The number of hydrogen-bond acceptors (Lipinski definition) is 3. The van der Waals surface area contributed by atoms with Crippen molar-refractivity contribution in [2.24, 2.45) is 0 Å². The first-order valence-corrected chi connectivity index (χ1v) is 9.65. The zero-order valence-electron chi connectivity index (χ0n) is 15.2. The number of thiazole rings is 1. The Kier molecular flexibility index (Phi) is 5.04. The molecular weight excluding hydrogens is 373 g/mol. The first-order valence-electron chi connectivity index (χ1n) is 8.84. The molecule has 0 radical (unpaired) electrons. The topological polar surface area (TPSA) is 54.0 Å². The van der Waals surface area contributed by atoms with Crippen LogP contribution >= 0.6 is 11.3 Å². The Morgan fingerprint density at radius 2 is 1.79 bits per heavy atom. The SMILES string of the molecule is Cc1ccc2nc(-c3ccc(NC(=O)NCc4ccc(F)cc4)cc3)sc2c1. The number of nitrogens with zero attached hydrogens (tertiary/aromatic N) is 1. The van der Waals surface area contributed by atoms with Gasteiger partial charge in [-0.2, -0.15) is 0 Å². The number of fused-ring (bicyclic) bond motifs is 1. The molecule has 2 N–H and O–H groups in total. The minimum Gasteiger partial charge on any atom is -0.334 e. The van der Waals surface area contributed by atoms with Gasteiger partial charge >= 0.3 is 6.03 Å². The molecule has 0 bridgehead atoms. The number of carbonyl (C=O) groups is 1. The third-order valence-corrected chi connectivity index (χ3v) is 5.37. The van der Waals surface area contributed by atoms with E-state index in [1.807, 2.05) is 30.3 Å². The van der Waals surface area contributed by atoms with Crippen molar-refractivity contribution in [3.8, 4) is 10.6 Å². The predicted octanol–water partition coefficient (Wildman–Crippen LogP) is 5.73. The summed E-state index contributed by atoms with van der Waals surface area (Å²) in [5.41, 5.74) is 4.74. The highest BCUT2D eigenvalue weighted by molar-refractivity contribution is 7.21. The first-order chi connectivity index (χ1) is 13.6. The monoisotopic (exact) mass is 391 g/mol. The number of anilines is 1. The first kappa shape index (κ1) is 18.1. The smallest absolute Gasteiger partial charge is 0.319 e. The molecule has 0 unspecified atom stereocenters. The lowest BCUT2D eigenvalue weighted by molar-refractivity contribution is 0.251. The van der Waals surface area contributed by atoms with Crippen molar-refractivity contribution in [2.75, 3.05) is 5.32 Å².